The van der Waals surface area contributed by atoms with Crippen LogP contribution in [0.25, 0.3) is 10.9 Å². The molecule has 0 bridgehead atoms. The van der Waals surface area contributed by atoms with Crippen LogP contribution in [0.1, 0.15) is 28.8 Å². The van der Waals surface area contributed by atoms with Crippen molar-refractivity contribution in [1.29, 1.82) is 0 Å². The number of piperazine rings is 1. The van der Waals surface area contributed by atoms with Gasteiger partial charge in [-0.2, -0.15) is 5.10 Å². The van der Waals surface area contributed by atoms with Crippen molar-refractivity contribution in [2.24, 2.45) is 0 Å². The van der Waals surface area contributed by atoms with Crippen molar-refractivity contribution in [2.75, 3.05) is 62.0 Å². The fourth-order valence-electron chi connectivity index (χ4n) is 5.27. The first-order valence-electron chi connectivity index (χ1n) is 14.0. The molecule has 0 radical (unpaired) electrons. The summed E-state index contributed by atoms with van der Waals surface area (Å²) in [4.78, 5) is 18.4. The molecule has 2 fully saturated rings. The summed E-state index contributed by atoms with van der Waals surface area (Å²) in [5.74, 6) is 0.987. The highest BCUT2D eigenvalue weighted by molar-refractivity contribution is 6.11. The molecule has 3 aromatic carbocycles. The van der Waals surface area contributed by atoms with E-state index in [1.165, 1.54) is 0 Å². The summed E-state index contributed by atoms with van der Waals surface area (Å²) < 4.78 is 11.6. The van der Waals surface area contributed by atoms with Gasteiger partial charge in [-0.15, -0.1) is 0 Å². The third-order valence-corrected chi connectivity index (χ3v) is 7.71. The van der Waals surface area contributed by atoms with Gasteiger partial charge in [0.25, 0.3) is 5.91 Å². The molecule has 2 saturated heterocycles. The van der Waals surface area contributed by atoms with Gasteiger partial charge in [-0.05, 0) is 61.9 Å². The Morgan fingerprint density at radius 3 is 2.62 bits per heavy atom. The average Bonchev–Trinajstić information content (AvgIpc) is 3.39. The maximum Gasteiger partial charge on any atom is 0.258 e. The van der Waals surface area contributed by atoms with E-state index < -0.39 is 0 Å². The SMILES string of the molecule is CN1CCN(c2ccc(C(=O)Nc3n[nH]c4ccc(OCc5ccccc5)cc34)c(NC3CCOCC3)c2)CC1. The zero-order valence-electron chi connectivity index (χ0n) is 22.9. The molecule has 4 aromatic rings. The largest absolute Gasteiger partial charge is 0.489 e. The summed E-state index contributed by atoms with van der Waals surface area (Å²) in [5, 5.41) is 14.9. The van der Waals surface area contributed by atoms with Gasteiger partial charge in [0.15, 0.2) is 5.82 Å². The quantitative estimate of drug-likeness (QED) is 0.297. The van der Waals surface area contributed by atoms with Crippen molar-refractivity contribution in [2.45, 2.75) is 25.5 Å². The Hall–Kier alpha value is -4.08. The lowest BCUT2D eigenvalue weighted by atomic mass is 10.1. The predicted molar refractivity (Wildman–Crippen MR) is 158 cm³/mol. The van der Waals surface area contributed by atoms with Crippen LogP contribution in [0.15, 0.2) is 66.7 Å². The van der Waals surface area contributed by atoms with E-state index in [0.717, 1.165) is 80.1 Å². The summed E-state index contributed by atoms with van der Waals surface area (Å²) in [6.45, 7) is 5.89. The highest BCUT2D eigenvalue weighted by atomic mass is 16.5. The van der Waals surface area contributed by atoms with Crippen molar-refractivity contribution >= 4 is 34.0 Å². The van der Waals surface area contributed by atoms with Crippen LogP contribution in [-0.2, 0) is 11.3 Å². The van der Waals surface area contributed by atoms with Gasteiger partial charge in [0, 0.05) is 62.2 Å². The van der Waals surface area contributed by atoms with Crippen LogP contribution < -0.4 is 20.3 Å². The van der Waals surface area contributed by atoms with E-state index in [1.807, 2.05) is 60.7 Å². The molecule has 208 valence electrons. The second-order valence-corrected chi connectivity index (χ2v) is 10.6. The lowest BCUT2D eigenvalue weighted by Gasteiger charge is -2.34. The van der Waals surface area contributed by atoms with Crippen molar-refractivity contribution in [3.8, 4) is 5.75 Å². The Bertz CT molecular complexity index is 1440. The molecule has 2 aliphatic rings. The number of rotatable bonds is 8. The molecule has 2 aliphatic heterocycles. The highest BCUT2D eigenvalue weighted by Gasteiger charge is 2.22. The lowest BCUT2D eigenvalue weighted by molar-refractivity contribution is 0.0904. The third kappa shape index (κ3) is 6.05. The third-order valence-electron chi connectivity index (χ3n) is 7.71. The first kappa shape index (κ1) is 26.2. The van der Waals surface area contributed by atoms with Gasteiger partial charge in [0.05, 0.1) is 11.1 Å². The number of carbonyl (C=O) groups is 1. The average molecular weight is 541 g/mol. The monoisotopic (exact) mass is 540 g/mol. The van der Waals surface area contributed by atoms with Crippen molar-refractivity contribution in [3.63, 3.8) is 0 Å². The van der Waals surface area contributed by atoms with E-state index in [2.05, 4.69) is 43.7 Å². The summed E-state index contributed by atoms with van der Waals surface area (Å²) in [5.41, 5.74) is 4.48. The number of hydrogen-bond acceptors (Lipinski definition) is 7. The smallest absolute Gasteiger partial charge is 0.258 e. The predicted octanol–water partition coefficient (Wildman–Crippen LogP) is 4.74. The van der Waals surface area contributed by atoms with Gasteiger partial charge in [-0.1, -0.05) is 30.3 Å². The minimum atomic E-state index is -0.205. The molecule has 9 heteroatoms. The van der Waals surface area contributed by atoms with Gasteiger partial charge in [-0.25, -0.2) is 0 Å². The fraction of sp³-hybridized carbons (Fsp3) is 0.355. The number of hydrogen-bond donors (Lipinski definition) is 3. The summed E-state index contributed by atoms with van der Waals surface area (Å²) in [6.07, 6.45) is 1.82. The van der Waals surface area contributed by atoms with Crippen LogP contribution in [-0.4, -0.2) is 73.5 Å². The van der Waals surface area contributed by atoms with Gasteiger partial charge >= 0.3 is 0 Å². The van der Waals surface area contributed by atoms with E-state index in [0.29, 0.717) is 23.7 Å². The van der Waals surface area contributed by atoms with E-state index in [-0.39, 0.29) is 11.9 Å². The normalized spacial score (nSPS) is 16.7. The summed E-state index contributed by atoms with van der Waals surface area (Å²) in [6, 6.07) is 22.1. The molecule has 1 amide bonds. The summed E-state index contributed by atoms with van der Waals surface area (Å²) >= 11 is 0. The number of aromatic amines is 1. The molecule has 3 heterocycles. The second-order valence-electron chi connectivity index (χ2n) is 10.6. The van der Waals surface area contributed by atoms with E-state index in [9.17, 15) is 4.79 Å². The number of H-pyrrole nitrogens is 1. The van der Waals surface area contributed by atoms with Gasteiger partial charge < -0.3 is 29.9 Å². The molecule has 0 unspecified atom stereocenters. The Morgan fingerprint density at radius 2 is 1.82 bits per heavy atom. The van der Waals surface area contributed by atoms with Crippen LogP contribution in [0.3, 0.4) is 0 Å². The first-order valence-corrected chi connectivity index (χ1v) is 14.0. The zero-order valence-corrected chi connectivity index (χ0v) is 22.9. The number of benzene rings is 3. The van der Waals surface area contributed by atoms with Gasteiger partial charge in [0.1, 0.15) is 12.4 Å². The molecule has 0 aliphatic carbocycles. The Kier molecular flexibility index (Phi) is 7.83. The van der Waals surface area contributed by atoms with E-state index in [4.69, 9.17) is 9.47 Å². The van der Waals surface area contributed by atoms with Crippen LogP contribution in [0.2, 0.25) is 0 Å². The first-order chi connectivity index (χ1) is 19.6. The maximum absolute atomic E-state index is 13.7. The van der Waals surface area contributed by atoms with Crippen LogP contribution >= 0.6 is 0 Å². The molecule has 1 aromatic heterocycles. The number of anilines is 3. The molecule has 0 saturated carbocycles. The van der Waals surface area contributed by atoms with Gasteiger partial charge in [-0.3, -0.25) is 9.89 Å². The van der Waals surface area contributed by atoms with Gasteiger partial charge in [0.2, 0.25) is 0 Å². The topological polar surface area (TPSA) is 94.8 Å². The molecule has 6 rings (SSSR count). The number of carbonyl (C=O) groups excluding carboxylic acids is 1. The van der Waals surface area contributed by atoms with Crippen molar-refractivity contribution < 1.29 is 14.3 Å². The van der Waals surface area contributed by atoms with Crippen LogP contribution in [0, 0.1) is 0 Å². The second kappa shape index (κ2) is 12.0. The standard InChI is InChI=1S/C31H36N6O3/c1-36-13-15-37(16-14-36)24-7-9-26(29(19-24)32-23-11-17-39-18-12-23)31(38)33-30-27-20-25(8-10-28(27)34-35-30)40-21-22-5-3-2-4-6-22/h2-10,19-20,23,32H,11-18,21H2,1H3,(H2,33,34,35,38). The fourth-order valence-corrected chi connectivity index (χ4v) is 5.27. The Labute approximate surface area is 234 Å². The van der Waals surface area contributed by atoms with Crippen molar-refractivity contribution in [3.05, 3.63) is 77.9 Å². The zero-order chi connectivity index (χ0) is 27.3. The molecule has 3 N–H and O–H groups in total. The number of fused-ring (bicyclic) bond motifs is 1. The molecule has 0 atom stereocenters. The number of ether oxygens (including phenoxy) is 2. The Morgan fingerprint density at radius 1 is 1.02 bits per heavy atom. The van der Waals surface area contributed by atoms with Crippen LogP contribution in [0.5, 0.6) is 5.75 Å². The minimum absolute atomic E-state index is 0.205. The van der Waals surface area contributed by atoms with E-state index >= 15 is 0 Å². The molecule has 0 spiro atoms. The van der Waals surface area contributed by atoms with Crippen molar-refractivity contribution in [1.82, 2.24) is 15.1 Å². The molecule has 9 nitrogen and oxygen atoms in total. The number of nitrogens with zero attached hydrogens (tertiary/aromatic N) is 3. The lowest BCUT2D eigenvalue weighted by Crippen LogP contribution is -2.44. The number of likely N-dealkylation sites (N-methyl/N-ethyl adjacent to an activating group) is 1. The molecular weight excluding hydrogens is 504 g/mol. The molecular formula is C31H36N6O3. The van der Waals surface area contributed by atoms with Crippen LogP contribution in [0.4, 0.5) is 17.2 Å². The number of amides is 1. The number of nitrogens with one attached hydrogen (secondary N) is 3. The number of aromatic nitrogens is 2. The molecule has 40 heavy (non-hydrogen) atoms. The Balaban J connectivity index is 1.22. The maximum atomic E-state index is 13.7. The summed E-state index contributed by atoms with van der Waals surface area (Å²) in [7, 11) is 2.15. The highest BCUT2D eigenvalue weighted by Crippen LogP contribution is 2.30. The minimum Gasteiger partial charge on any atom is -0.489 e. The van der Waals surface area contributed by atoms with E-state index in [1.54, 1.807) is 0 Å².